The maximum Gasteiger partial charge on any atom is 0.398 e. The van der Waals surface area contributed by atoms with Crippen LogP contribution in [0, 0.1) is 13.8 Å². The van der Waals surface area contributed by atoms with E-state index in [1.54, 1.807) is 20.0 Å². The number of hydrogen-bond acceptors (Lipinski definition) is 4. The topological polar surface area (TPSA) is 32.7 Å². The summed E-state index contributed by atoms with van der Waals surface area (Å²) in [6.07, 6.45) is -4.21. The number of thioether (sulfide) groups is 2. The minimum absolute atomic E-state index is 0.0276. The van der Waals surface area contributed by atoms with Crippen LogP contribution in [0.5, 0.6) is 0 Å². The van der Waals surface area contributed by atoms with E-state index in [4.69, 9.17) is 0 Å². The Hall–Kier alpha value is -1.15. The third-order valence-electron chi connectivity index (χ3n) is 3.09. The summed E-state index contributed by atoms with van der Waals surface area (Å²) in [5, 5.41) is 0.573. The van der Waals surface area contributed by atoms with Crippen LogP contribution in [-0.4, -0.2) is 40.7 Å². The fraction of sp³-hybridized carbons (Fsp3) is 0.429. The van der Waals surface area contributed by atoms with Gasteiger partial charge in [-0.1, -0.05) is 17.8 Å². The van der Waals surface area contributed by atoms with Crippen molar-refractivity contribution >= 4 is 40.3 Å². The molecule has 8 heteroatoms. The summed E-state index contributed by atoms with van der Waals surface area (Å²) in [5.74, 6) is -0.615. The zero-order valence-electron chi connectivity index (χ0n) is 12.3. The number of amidine groups is 1. The van der Waals surface area contributed by atoms with E-state index in [9.17, 15) is 18.0 Å². The van der Waals surface area contributed by atoms with Crippen molar-refractivity contribution < 1.29 is 18.0 Å². The first kappa shape index (κ1) is 17.2. The van der Waals surface area contributed by atoms with Gasteiger partial charge in [-0.25, -0.2) is 4.99 Å². The molecule has 1 aliphatic rings. The number of carbonyl (C=O) groups excluding carboxylic acids is 1. The summed E-state index contributed by atoms with van der Waals surface area (Å²) in [4.78, 5) is 17.9. The van der Waals surface area contributed by atoms with Crippen LogP contribution >= 0.6 is 23.5 Å². The second-order valence-electron chi connectivity index (χ2n) is 4.94. The standard InChI is InChI=1S/C14H15F3N2OS2/c1-8-4-9(2)11(22-7-14(15,16)17)5-10(8)18-13-19(3)12(20)6-21-13/h4-5H,6-7H2,1-3H3. The van der Waals surface area contributed by atoms with E-state index in [1.165, 1.54) is 16.7 Å². The average Bonchev–Trinajstić information content (AvgIpc) is 2.71. The molecule has 2 rings (SSSR count). The molecule has 22 heavy (non-hydrogen) atoms. The molecule has 0 unspecified atom stereocenters. The van der Waals surface area contributed by atoms with Crippen molar-refractivity contribution in [3.05, 3.63) is 23.3 Å². The lowest BCUT2D eigenvalue weighted by Gasteiger charge is -2.13. The van der Waals surface area contributed by atoms with Gasteiger partial charge in [0.1, 0.15) is 0 Å². The average molecular weight is 348 g/mol. The Morgan fingerprint density at radius 2 is 2.00 bits per heavy atom. The number of carbonyl (C=O) groups is 1. The molecule has 1 aromatic rings. The Balaban J connectivity index is 2.29. The third-order valence-corrected chi connectivity index (χ3v) is 5.32. The lowest BCUT2D eigenvalue weighted by molar-refractivity contribution is -0.123. The van der Waals surface area contributed by atoms with Crippen LogP contribution in [-0.2, 0) is 4.79 Å². The van der Waals surface area contributed by atoms with Crippen molar-refractivity contribution in [3.8, 4) is 0 Å². The summed E-state index contributed by atoms with van der Waals surface area (Å²) >= 11 is 2.08. The SMILES string of the molecule is Cc1cc(C)c(SCC(F)(F)F)cc1N=C1SCC(=O)N1C. The Morgan fingerprint density at radius 1 is 1.32 bits per heavy atom. The number of halogens is 3. The van der Waals surface area contributed by atoms with Crippen molar-refractivity contribution in [2.24, 2.45) is 4.99 Å². The van der Waals surface area contributed by atoms with Gasteiger partial charge in [0.05, 0.1) is 17.2 Å². The molecule has 0 atom stereocenters. The van der Waals surface area contributed by atoms with E-state index in [1.807, 2.05) is 13.0 Å². The minimum atomic E-state index is -4.21. The zero-order valence-corrected chi connectivity index (χ0v) is 14.0. The highest BCUT2D eigenvalue weighted by atomic mass is 32.2. The van der Waals surface area contributed by atoms with Crippen LogP contribution in [0.3, 0.4) is 0 Å². The van der Waals surface area contributed by atoms with E-state index in [0.717, 1.165) is 22.9 Å². The normalized spacial score (nSPS) is 17.6. The summed E-state index contributed by atoms with van der Waals surface area (Å²) in [5.41, 5.74) is 2.26. The molecule has 3 nitrogen and oxygen atoms in total. The molecule has 0 saturated carbocycles. The molecule has 1 fully saturated rings. The van der Waals surface area contributed by atoms with Crippen molar-refractivity contribution in [2.45, 2.75) is 24.9 Å². The van der Waals surface area contributed by atoms with Crippen LogP contribution in [0.2, 0.25) is 0 Å². The fourth-order valence-corrected chi connectivity index (χ4v) is 3.60. The summed E-state index contributed by atoms with van der Waals surface area (Å²) in [6.45, 7) is 3.63. The molecule has 1 aromatic carbocycles. The zero-order chi connectivity index (χ0) is 16.5. The smallest absolute Gasteiger partial charge is 0.294 e. The van der Waals surface area contributed by atoms with E-state index in [0.29, 0.717) is 21.5 Å². The van der Waals surface area contributed by atoms with Crippen molar-refractivity contribution in [2.75, 3.05) is 18.6 Å². The molecule has 0 aliphatic carbocycles. The first-order valence-electron chi connectivity index (χ1n) is 6.46. The Bertz CT molecular complexity index is 629. The predicted octanol–water partition coefficient (Wildman–Crippen LogP) is 4.15. The maximum absolute atomic E-state index is 12.4. The molecule has 120 valence electrons. The Labute approximate surface area is 135 Å². The third kappa shape index (κ3) is 4.19. The van der Waals surface area contributed by atoms with Gasteiger partial charge in [0, 0.05) is 11.9 Å². The van der Waals surface area contributed by atoms with Crippen LogP contribution in [0.4, 0.5) is 18.9 Å². The molecule has 1 amide bonds. The molecule has 0 radical (unpaired) electrons. The molecule has 1 saturated heterocycles. The fourth-order valence-electron chi connectivity index (χ4n) is 1.89. The quantitative estimate of drug-likeness (QED) is 0.769. The molecule has 1 heterocycles. The van der Waals surface area contributed by atoms with Gasteiger partial charge in [-0.05, 0) is 31.0 Å². The predicted molar refractivity (Wildman–Crippen MR) is 85.0 cm³/mol. The van der Waals surface area contributed by atoms with Crippen molar-refractivity contribution in [3.63, 3.8) is 0 Å². The van der Waals surface area contributed by atoms with Gasteiger partial charge < -0.3 is 0 Å². The number of benzene rings is 1. The molecular formula is C14H15F3N2OS2. The molecule has 1 aliphatic heterocycles. The minimum Gasteiger partial charge on any atom is -0.294 e. The Morgan fingerprint density at radius 3 is 2.55 bits per heavy atom. The summed E-state index contributed by atoms with van der Waals surface area (Å²) in [6, 6.07) is 3.48. The summed E-state index contributed by atoms with van der Waals surface area (Å²) in [7, 11) is 1.64. The van der Waals surface area contributed by atoms with Crippen LogP contribution in [0.1, 0.15) is 11.1 Å². The number of rotatable bonds is 3. The van der Waals surface area contributed by atoms with Gasteiger partial charge in [0.15, 0.2) is 5.17 Å². The number of amides is 1. The summed E-state index contributed by atoms with van der Waals surface area (Å²) < 4.78 is 37.1. The largest absolute Gasteiger partial charge is 0.398 e. The second-order valence-corrected chi connectivity index (χ2v) is 6.90. The highest BCUT2D eigenvalue weighted by Gasteiger charge is 2.28. The lowest BCUT2D eigenvalue weighted by Crippen LogP contribution is -2.24. The van der Waals surface area contributed by atoms with Gasteiger partial charge in [0.25, 0.3) is 0 Å². The number of aryl methyl sites for hydroxylation is 2. The van der Waals surface area contributed by atoms with E-state index < -0.39 is 11.9 Å². The number of nitrogens with zero attached hydrogens (tertiary/aromatic N) is 2. The van der Waals surface area contributed by atoms with Gasteiger partial charge >= 0.3 is 6.18 Å². The van der Waals surface area contributed by atoms with Crippen LogP contribution in [0.15, 0.2) is 22.0 Å². The number of alkyl halides is 3. The molecular weight excluding hydrogens is 333 g/mol. The second kappa shape index (κ2) is 6.54. The maximum atomic E-state index is 12.4. The van der Waals surface area contributed by atoms with E-state index in [-0.39, 0.29) is 5.91 Å². The van der Waals surface area contributed by atoms with Crippen molar-refractivity contribution in [1.82, 2.24) is 4.90 Å². The molecule has 0 N–H and O–H groups in total. The molecule has 0 bridgehead atoms. The Kier molecular flexibility index (Phi) is 5.11. The van der Waals surface area contributed by atoms with Crippen LogP contribution < -0.4 is 0 Å². The number of hydrogen-bond donors (Lipinski definition) is 0. The van der Waals surface area contributed by atoms with E-state index >= 15 is 0 Å². The highest BCUT2D eigenvalue weighted by molar-refractivity contribution is 8.15. The van der Waals surface area contributed by atoms with Gasteiger partial charge in [-0.3, -0.25) is 9.69 Å². The monoisotopic (exact) mass is 348 g/mol. The molecule has 0 aromatic heterocycles. The van der Waals surface area contributed by atoms with E-state index in [2.05, 4.69) is 4.99 Å². The first-order valence-corrected chi connectivity index (χ1v) is 8.43. The number of aliphatic imine (C=N–C) groups is 1. The molecule has 0 spiro atoms. The van der Waals surface area contributed by atoms with Crippen LogP contribution in [0.25, 0.3) is 0 Å². The van der Waals surface area contributed by atoms with Crippen molar-refractivity contribution in [1.29, 1.82) is 0 Å². The van der Waals surface area contributed by atoms with Gasteiger partial charge in [-0.15, -0.1) is 11.8 Å². The highest BCUT2D eigenvalue weighted by Crippen LogP contribution is 2.34. The van der Waals surface area contributed by atoms with Gasteiger partial charge in [0.2, 0.25) is 5.91 Å². The first-order chi connectivity index (χ1) is 10.2. The van der Waals surface area contributed by atoms with Gasteiger partial charge in [-0.2, -0.15) is 13.2 Å². The lowest BCUT2D eigenvalue weighted by atomic mass is 10.1.